The van der Waals surface area contributed by atoms with Gasteiger partial charge >= 0.3 is 12.1 Å². The number of carboxylic acid groups (broad SMARTS) is 2. The van der Waals surface area contributed by atoms with Crippen molar-refractivity contribution in [3.63, 3.8) is 0 Å². The Balaban J connectivity index is 2.30. The first-order chi connectivity index (χ1) is 8.49. The van der Waals surface area contributed by atoms with Crippen molar-refractivity contribution in [1.82, 2.24) is 4.90 Å². The number of rotatable bonds is 2. The maximum Gasteiger partial charge on any atom is 0.407 e. The van der Waals surface area contributed by atoms with Gasteiger partial charge in [0.15, 0.2) is 0 Å². The van der Waals surface area contributed by atoms with Crippen LogP contribution in [-0.4, -0.2) is 40.3 Å². The number of hydrogen-bond donors (Lipinski definition) is 2. The zero-order valence-corrected chi connectivity index (χ0v) is 11.0. The highest BCUT2D eigenvalue weighted by Gasteiger charge is 2.40. The van der Waals surface area contributed by atoms with Crippen LogP contribution in [0.15, 0.2) is 28.7 Å². The van der Waals surface area contributed by atoms with Crippen molar-refractivity contribution in [2.24, 2.45) is 5.92 Å². The minimum atomic E-state index is -1.07. The third kappa shape index (κ3) is 2.48. The van der Waals surface area contributed by atoms with E-state index in [2.05, 4.69) is 15.9 Å². The van der Waals surface area contributed by atoms with E-state index in [9.17, 15) is 14.7 Å². The van der Waals surface area contributed by atoms with Gasteiger partial charge in [-0.05, 0) is 17.7 Å². The van der Waals surface area contributed by atoms with E-state index in [1.165, 1.54) is 0 Å². The van der Waals surface area contributed by atoms with E-state index < -0.39 is 18.0 Å². The summed E-state index contributed by atoms with van der Waals surface area (Å²) in [5.41, 5.74) is 0.848. The van der Waals surface area contributed by atoms with Crippen molar-refractivity contribution >= 4 is 28.0 Å². The summed E-state index contributed by atoms with van der Waals surface area (Å²) in [5, 5.41) is 18.1. The van der Waals surface area contributed by atoms with Crippen molar-refractivity contribution in [1.29, 1.82) is 0 Å². The van der Waals surface area contributed by atoms with Gasteiger partial charge in [0.05, 0.1) is 5.92 Å². The Hall–Kier alpha value is -1.56. The van der Waals surface area contributed by atoms with Crippen LogP contribution in [0.3, 0.4) is 0 Å². The molecule has 0 bridgehead atoms. The number of amides is 1. The number of halogens is 1. The molecule has 1 saturated heterocycles. The van der Waals surface area contributed by atoms with E-state index in [0.29, 0.717) is 0 Å². The molecule has 2 unspecified atom stereocenters. The number of carbonyl (C=O) groups is 2. The molecular formula is C12H12BrNO4. The average molecular weight is 314 g/mol. The fourth-order valence-corrected chi connectivity index (χ4v) is 2.70. The highest BCUT2D eigenvalue weighted by Crippen LogP contribution is 2.33. The van der Waals surface area contributed by atoms with Gasteiger partial charge in [0.1, 0.15) is 0 Å². The molecule has 18 heavy (non-hydrogen) atoms. The van der Waals surface area contributed by atoms with Gasteiger partial charge in [0.25, 0.3) is 0 Å². The van der Waals surface area contributed by atoms with Crippen LogP contribution in [0.2, 0.25) is 0 Å². The van der Waals surface area contributed by atoms with Gasteiger partial charge in [-0.3, -0.25) is 4.79 Å². The van der Waals surface area contributed by atoms with Crippen molar-refractivity contribution in [2.45, 2.75) is 5.92 Å². The summed E-state index contributed by atoms with van der Waals surface area (Å²) >= 11 is 3.33. The standard InChI is InChI=1S/C12H12BrNO4/c13-8-3-1-2-7(4-8)9-5-14(12(17)18)6-10(9)11(15)16/h1-4,9-10H,5-6H2,(H,15,16)(H,17,18). The molecule has 0 saturated carbocycles. The third-order valence-corrected chi connectivity index (χ3v) is 3.68. The van der Waals surface area contributed by atoms with Crippen LogP contribution in [0.4, 0.5) is 4.79 Å². The van der Waals surface area contributed by atoms with Crippen LogP contribution in [0.5, 0.6) is 0 Å². The minimum absolute atomic E-state index is 0.0435. The Labute approximate surface area is 112 Å². The van der Waals surface area contributed by atoms with Gasteiger partial charge in [0.2, 0.25) is 0 Å². The smallest absolute Gasteiger partial charge is 0.407 e. The zero-order chi connectivity index (χ0) is 13.3. The summed E-state index contributed by atoms with van der Waals surface area (Å²) in [6, 6.07) is 7.34. The maximum atomic E-state index is 11.2. The van der Waals surface area contributed by atoms with E-state index in [-0.39, 0.29) is 19.0 Å². The average Bonchev–Trinajstić information content (AvgIpc) is 2.73. The van der Waals surface area contributed by atoms with Crippen LogP contribution in [0.25, 0.3) is 0 Å². The summed E-state index contributed by atoms with van der Waals surface area (Å²) in [4.78, 5) is 23.3. The summed E-state index contributed by atoms with van der Waals surface area (Å²) < 4.78 is 0.859. The second-order valence-electron chi connectivity index (χ2n) is 4.29. The summed E-state index contributed by atoms with van der Waals surface area (Å²) in [6.07, 6.45) is -1.07. The van der Waals surface area contributed by atoms with E-state index in [4.69, 9.17) is 5.11 Å². The monoisotopic (exact) mass is 313 g/mol. The van der Waals surface area contributed by atoms with Gasteiger partial charge < -0.3 is 15.1 Å². The zero-order valence-electron chi connectivity index (χ0n) is 9.41. The van der Waals surface area contributed by atoms with Gasteiger partial charge in [-0.2, -0.15) is 0 Å². The number of aliphatic carboxylic acids is 1. The van der Waals surface area contributed by atoms with Gasteiger partial charge in [0, 0.05) is 23.5 Å². The van der Waals surface area contributed by atoms with Crippen molar-refractivity contribution in [2.75, 3.05) is 13.1 Å². The van der Waals surface area contributed by atoms with Crippen LogP contribution < -0.4 is 0 Å². The van der Waals surface area contributed by atoms with Crippen molar-refractivity contribution < 1.29 is 19.8 Å². The number of benzene rings is 1. The Kier molecular flexibility index (Phi) is 3.56. The molecule has 2 rings (SSSR count). The molecule has 0 aliphatic carbocycles. The molecule has 0 radical (unpaired) electrons. The van der Waals surface area contributed by atoms with Crippen LogP contribution in [-0.2, 0) is 4.79 Å². The van der Waals surface area contributed by atoms with E-state index in [0.717, 1.165) is 14.9 Å². The van der Waals surface area contributed by atoms with Crippen molar-refractivity contribution in [3.8, 4) is 0 Å². The highest BCUT2D eigenvalue weighted by atomic mass is 79.9. The third-order valence-electron chi connectivity index (χ3n) is 3.18. The fourth-order valence-electron chi connectivity index (χ4n) is 2.29. The Bertz CT molecular complexity index is 491. The molecule has 1 aliphatic rings. The molecule has 1 heterocycles. The molecule has 2 atom stereocenters. The highest BCUT2D eigenvalue weighted by molar-refractivity contribution is 9.10. The first kappa shape index (κ1) is 12.9. The lowest BCUT2D eigenvalue weighted by Crippen LogP contribution is -2.28. The normalized spacial score (nSPS) is 23.1. The Morgan fingerprint density at radius 2 is 2.00 bits per heavy atom. The Morgan fingerprint density at radius 3 is 2.56 bits per heavy atom. The lowest BCUT2D eigenvalue weighted by molar-refractivity contribution is -0.141. The fraction of sp³-hybridized carbons (Fsp3) is 0.333. The molecule has 6 heteroatoms. The number of nitrogens with zero attached hydrogens (tertiary/aromatic N) is 1. The summed E-state index contributed by atoms with van der Waals surface area (Å²) in [5.74, 6) is -1.93. The predicted molar refractivity (Wildman–Crippen MR) is 67.6 cm³/mol. The van der Waals surface area contributed by atoms with E-state index in [1.54, 1.807) is 0 Å². The van der Waals surface area contributed by atoms with Crippen molar-refractivity contribution in [3.05, 3.63) is 34.3 Å². The summed E-state index contributed by atoms with van der Waals surface area (Å²) in [6.45, 7) is 0.268. The molecule has 1 aromatic rings. The molecule has 1 aromatic carbocycles. The Morgan fingerprint density at radius 1 is 1.28 bits per heavy atom. The second-order valence-corrected chi connectivity index (χ2v) is 5.21. The number of carboxylic acids is 1. The first-order valence-electron chi connectivity index (χ1n) is 5.45. The molecule has 96 valence electrons. The lowest BCUT2D eigenvalue weighted by atomic mass is 9.89. The largest absolute Gasteiger partial charge is 0.481 e. The topological polar surface area (TPSA) is 77.8 Å². The molecular weight excluding hydrogens is 302 g/mol. The van der Waals surface area contributed by atoms with Gasteiger partial charge in [-0.25, -0.2) is 4.79 Å². The minimum Gasteiger partial charge on any atom is -0.481 e. The number of likely N-dealkylation sites (tertiary alicyclic amines) is 1. The SMILES string of the molecule is O=C(O)C1CN(C(=O)O)CC1c1cccc(Br)c1. The molecule has 0 aromatic heterocycles. The predicted octanol–water partition coefficient (Wildman–Crippen LogP) is 2.23. The maximum absolute atomic E-state index is 11.2. The summed E-state index contributed by atoms with van der Waals surface area (Å²) in [7, 11) is 0. The molecule has 1 aliphatic heterocycles. The molecule has 0 spiro atoms. The van der Waals surface area contributed by atoms with Crippen LogP contribution >= 0.6 is 15.9 Å². The van der Waals surface area contributed by atoms with Gasteiger partial charge in [-0.15, -0.1) is 0 Å². The van der Waals surface area contributed by atoms with Gasteiger partial charge in [-0.1, -0.05) is 28.1 Å². The first-order valence-corrected chi connectivity index (χ1v) is 6.24. The van der Waals surface area contributed by atoms with Crippen LogP contribution in [0.1, 0.15) is 11.5 Å². The lowest BCUT2D eigenvalue weighted by Gasteiger charge is -2.14. The molecule has 5 nitrogen and oxygen atoms in total. The number of hydrogen-bond acceptors (Lipinski definition) is 2. The van der Waals surface area contributed by atoms with Crippen LogP contribution in [0, 0.1) is 5.92 Å². The quantitative estimate of drug-likeness (QED) is 0.877. The molecule has 2 N–H and O–H groups in total. The van der Waals surface area contributed by atoms with E-state index in [1.807, 2.05) is 24.3 Å². The molecule has 1 fully saturated rings. The second kappa shape index (κ2) is 4.97. The van der Waals surface area contributed by atoms with E-state index >= 15 is 0 Å². The molecule has 1 amide bonds.